The average molecular weight is 338 g/mol. The van der Waals surface area contributed by atoms with Crippen molar-refractivity contribution in [1.29, 1.82) is 0 Å². The van der Waals surface area contributed by atoms with Gasteiger partial charge in [-0.2, -0.15) is 0 Å². The van der Waals surface area contributed by atoms with Crippen molar-refractivity contribution in [2.24, 2.45) is 5.41 Å². The fourth-order valence-electron chi connectivity index (χ4n) is 2.88. The Hall–Kier alpha value is -3.02. The summed E-state index contributed by atoms with van der Waals surface area (Å²) >= 11 is 0. The van der Waals surface area contributed by atoms with Crippen molar-refractivity contribution < 1.29 is 19.1 Å². The van der Waals surface area contributed by atoms with Crippen molar-refractivity contribution in [3.63, 3.8) is 0 Å². The summed E-state index contributed by atoms with van der Waals surface area (Å²) in [5, 5.41) is 5.67. The van der Waals surface area contributed by atoms with Crippen LogP contribution >= 0.6 is 0 Å². The lowest BCUT2D eigenvalue weighted by Crippen LogP contribution is -2.35. The number of carbonyl (C=O) groups is 2. The molecule has 2 aromatic rings. The number of amides is 2. The van der Waals surface area contributed by atoms with Crippen LogP contribution in [0, 0.1) is 12.3 Å². The number of hydrogen-bond donors (Lipinski definition) is 2. The van der Waals surface area contributed by atoms with Crippen molar-refractivity contribution in [2.45, 2.75) is 19.8 Å². The van der Waals surface area contributed by atoms with E-state index >= 15 is 0 Å². The number of nitrogens with one attached hydrogen (secondary N) is 2. The SMILES string of the molecule is Cc1cccc(NC(=O)C2(C(=O)Nc3ccc4c(c3)OCO4)CC2)c1. The summed E-state index contributed by atoms with van der Waals surface area (Å²) in [6.07, 6.45) is 1.09. The Morgan fingerprint density at radius 1 is 0.920 bits per heavy atom. The molecule has 1 fully saturated rings. The first kappa shape index (κ1) is 15.5. The third kappa shape index (κ3) is 2.91. The minimum Gasteiger partial charge on any atom is -0.454 e. The molecule has 0 saturated heterocycles. The van der Waals surface area contributed by atoms with Gasteiger partial charge in [0.25, 0.3) is 0 Å². The van der Waals surface area contributed by atoms with E-state index in [4.69, 9.17) is 9.47 Å². The fourth-order valence-corrected chi connectivity index (χ4v) is 2.88. The number of benzene rings is 2. The normalized spacial score (nSPS) is 16.2. The van der Waals surface area contributed by atoms with Crippen LogP contribution in [0.15, 0.2) is 42.5 Å². The van der Waals surface area contributed by atoms with Crippen LogP contribution in [0.3, 0.4) is 0 Å². The lowest BCUT2D eigenvalue weighted by Gasteiger charge is -2.16. The summed E-state index contributed by atoms with van der Waals surface area (Å²) in [6.45, 7) is 2.13. The summed E-state index contributed by atoms with van der Waals surface area (Å²) in [7, 11) is 0. The van der Waals surface area contributed by atoms with Crippen molar-refractivity contribution in [3.05, 3.63) is 48.0 Å². The van der Waals surface area contributed by atoms with Gasteiger partial charge >= 0.3 is 0 Å². The van der Waals surface area contributed by atoms with E-state index < -0.39 is 5.41 Å². The van der Waals surface area contributed by atoms with Gasteiger partial charge in [-0.1, -0.05) is 12.1 Å². The molecule has 6 heteroatoms. The number of rotatable bonds is 4. The highest BCUT2D eigenvalue weighted by atomic mass is 16.7. The first-order chi connectivity index (χ1) is 12.1. The molecule has 2 aromatic carbocycles. The lowest BCUT2D eigenvalue weighted by atomic mass is 10.0. The summed E-state index contributed by atoms with van der Waals surface area (Å²) in [5.74, 6) is 0.677. The minimum absolute atomic E-state index is 0.176. The molecule has 1 aliphatic heterocycles. The molecular weight excluding hydrogens is 320 g/mol. The molecule has 0 spiro atoms. The Labute approximate surface area is 145 Å². The molecule has 2 amide bonds. The Bertz CT molecular complexity index is 858. The number of hydrogen-bond acceptors (Lipinski definition) is 4. The van der Waals surface area contributed by atoms with Crippen LogP contribution < -0.4 is 20.1 Å². The molecule has 1 saturated carbocycles. The average Bonchev–Trinajstić information content (AvgIpc) is 3.28. The lowest BCUT2D eigenvalue weighted by molar-refractivity contribution is -0.131. The molecule has 4 rings (SSSR count). The summed E-state index contributed by atoms with van der Waals surface area (Å²) in [6, 6.07) is 12.7. The maximum absolute atomic E-state index is 12.7. The van der Waals surface area contributed by atoms with Crippen LogP contribution in [-0.4, -0.2) is 18.6 Å². The highest BCUT2D eigenvalue weighted by Gasteiger charge is 2.56. The highest BCUT2D eigenvalue weighted by molar-refractivity contribution is 6.17. The maximum atomic E-state index is 12.7. The van der Waals surface area contributed by atoms with E-state index in [0.717, 1.165) is 5.56 Å². The molecule has 0 unspecified atom stereocenters. The summed E-state index contributed by atoms with van der Waals surface area (Å²) < 4.78 is 10.6. The van der Waals surface area contributed by atoms with E-state index in [1.165, 1.54) is 0 Å². The third-order valence-electron chi connectivity index (χ3n) is 4.53. The van der Waals surface area contributed by atoms with Gasteiger partial charge in [-0.15, -0.1) is 0 Å². The molecule has 1 heterocycles. The molecule has 2 N–H and O–H groups in total. The van der Waals surface area contributed by atoms with E-state index in [1.54, 1.807) is 18.2 Å². The number of fused-ring (bicyclic) bond motifs is 1. The zero-order chi connectivity index (χ0) is 17.4. The molecule has 1 aliphatic carbocycles. The first-order valence-corrected chi connectivity index (χ1v) is 8.16. The van der Waals surface area contributed by atoms with E-state index in [0.29, 0.717) is 35.7 Å². The van der Waals surface area contributed by atoms with Gasteiger partial charge in [0.05, 0.1) is 0 Å². The van der Waals surface area contributed by atoms with Gasteiger partial charge in [-0.25, -0.2) is 0 Å². The van der Waals surface area contributed by atoms with Crippen molar-refractivity contribution in [1.82, 2.24) is 0 Å². The molecule has 128 valence electrons. The second kappa shape index (κ2) is 5.81. The maximum Gasteiger partial charge on any atom is 0.240 e. The Kier molecular flexibility index (Phi) is 3.60. The van der Waals surface area contributed by atoms with Gasteiger partial charge < -0.3 is 20.1 Å². The smallest absolute Gasteiger partial charge is 0.240 e. The molecule has 6 nitrogen and oxygen atoms in total. The van der Waals surface area contributed by atoms with E-state index in [9.17, 15) is 9.59 Å². The van der Waals surface area contributed by atoms with Crippen LogP contribution in [0.4, 0.5) is 11.4 Å². The fraction of sp³-hybridized carbons (Fsp3) is 0.263. The van der Waals surface area contributed by atoms with Crippen molar-refractivity contribution in [3.8, 4) is 11.5 Å². The van der Waals surface area contributed by atoms with Crippen LogP contribution in [0.5, 0.6) is 11.5 Å². The van der Waals surface area contributed by atoms with Gasteiger partial charge in [-0.3, -0.25) is 9.59 Å². The predicted octanol–water partition coefficient (Wildman–Crippen LogP) is 3.08. The second-order valence-electron chi connectivity index (χ2n) is 6.43. The summed E-state index contributed by atoms with van der Waals surface area (Å²) in [4.78, 5) is 25.3. The van der Waals surface area contributed by atoms with Crippen molar-refractivity contribution in [2.75, 3.05) is 17.4 Å². The van der Waals surface area contributed by atoms with Gasteiger partial charge in [0.15, 0.2) is 11.5 Å². The second-order valence-corrected chi connectivity index (χ2v) is 6.43. The Balaban J connectivity index is 1.46. The Morgan fingerprint density at radius 3 is 2.28 bits per heavy atom. The van der Waals surface area contributed by atoms with Gasteiger partial charge in [-0.05, 0) is 49.6 Å². The minimum atomic E-state index is -1.000. The van der Waals surface area contributed by atoms with Crippen molar-refractivity contribution >= 4 is 23.2 Å². The van der Waals surface area contributed by atoms with E-state index in [1.807, 2.05) is 31.2 Å². The zero-order valence-corrected chi connectivity index (χ0v) is 13.8. The number of anilines is 2. The molecule has 25 heavy (non-hydrogen) atoms. The van der Waals surface area contributed by atoms with E-state index in [-0.39, 0.29) is 18.6 Å². The monoisotopic (exact) mass is 338 g/mol. The van der Waals surface area contributed by atoms with Gasteiger partial charge in [0.1, 0.15) is 5.41 Å². The van der Waals surface area contributed by atoms with Crippen LogP contribution in [0.2, 0.25) is 0 Å². The molecule has 0 atom stereocenters. The number of aryl methyl sites for hydroxylation is 1. The molecule has 0 aromatic heterocycles. The third-order valence-corrected chi connectivity index (χ3v) is 4.53. The van der Waals surface area contributed by atoms with Crippen LogP contribution in [0.25, 0.3) is 0 Å². The number of ether oxygens (including phenoxy) is 2. The van der Waals surface area contributed by atoms with Gasteiger partial charge in [0.2, 0.25) is 18.6 Å². The topological polar surface area (TPSA) is 76.7 Å². The van der Waals surface area contributed by atoms with E-state index in [2.05, 4.69) is 10.6 Å². The Morgan fingerprint density at radius 2 is 1.60 bits per heavy atom. The zero-order valence-electron chi connectivity index (χ0n) is 13.8. The van der Waals surface area contributed by atoms with Crippen LogP contribution in [0.1, 0.15) is 18.4 Å². The molecule has 0 bridgehead atoms. The predicted molar refractivity (Wildman–Crippen MR) is 92.7 cm³/mol. The molecular formula is C19H18N2O4. The van der Waals surface area contributed by atoms with Gasteiger partial charge in [0, 0.05) is 17.4 Å². The first-order valence-electron chi connectivity index (χ1n) is 8.16. The standard InChI is InChI=1S/C19H18N2O4/c1-12-3-2-4-13(9-12)20-17(22)19(7-8-19)18(23)21-14-5-6-15-16(10-14)25-11-24-15/h2-6,9-10H,7-8,11H2,1H3,(H,20,22)(H,21,23). The molecule has 2 aliphatic rings. The highest BCUT2D eigenvalue weighted by Crippen LogP contribution is 2.48. The van der Waals surface area contributed by atoms with Crippen LogP contribution in [-0.2, 0) is 9.59 Å². The summed E-state index contributed by atoms with van der Waals surface area (Å²) in [5.41, 5.74) is 1.34. The largest absolute Gasteiger partial charge is 0.454 e. The molecule has 0 radical (unpaired) electrons. The number of carbonyl (C=O) groups excluding carboxylic acids is 2. The quantitative estimate of drug-likeness (QED) is 0.840.